The highest BCUT2D eigenvalue weighted by molar-refractivity contribution is 5.77. The fourth-order valence-electron chi connectivity index (χ4n) is 2.95. The van der Waals surface area contributed by atoms with Gasteiger partial charge in [-0.25, -0.2) is 4.98 Å². The lowest BCUT2D eigenvalue weighted by atomic mass is 10.2. The number of H-pyrrole nitrogens is 1. The Balaban J connectivity index is 1.51. The van der Waals surface area contributed by atoms with Crippen molar-refractivity contribution in [1.82, 2.24) is 20.1 Å². The van der Waals surface area contributed by atoms with Crippen molar-refractivity contribution < 1.29 is 14.3 Å². The van der Waals surface area contributed by atoms with Gasteiger partial charge in [0.05, 0.1) is 31.8 Å². The van der Waals surface area contributed by atoms with Gasteiger partial charge in [0.1, 0.15) is 12.2 Å². The largest absolute Gasteiger partial charge is 0.380 e. The van der Waals surface area contributed by atoms with Crippen LogP contribution in [-0.4, -0.2) is 52.4 Å². The maximum atomic E-state index is 12.6. The molecule has 1 aromatic heterocycles. The number of rotatable bonds is 7. The molecule has 2 aromatic rings. The molecule has 128 valence electrons. The van der Waals surface area contributed by atoms with Crippen LogP contribution in [0.1, 0.15) is 30.3 Å². The fraction of sp³-hybridized carbons (Fsp3) is 0.471. The van der Waals surface area contributed by atoms with Gasteiger partial charge in [-0.1, -0.05) is 30.3 Å². The number of aromatic nitrogens is 3. The normalized spacial score (nSPS) is 20.5. The Bertz CT molecular complexity index is 633. The third-order valence-corrected chi connectivity index (χ3v) is 4.24. The number of hydrogen-bond acceptors (Lipinski definition) is 5. The topological polar surface area (TPSA) is 80.3 Å². The number of methoxy groups -OCH3 is 1. The zero-order valence-corrected chi connectivity index (χ0v) is 13.7. The van der Waals surface area contributed by atoms with Crippen molar-refractivity contribution in [1.29, 1.82) is 0 Å². The van der Waals surface area contributed by atoms with Gasteiger partial charge < -0.3 is 14.4 Å². The van der Waals surface area contributed by atoms with E-state index in [9.17, 15) is 4.79 Å². The summed E-state index contributed by atoms with van der Waals surface area (Å²) >= 11 is 0. The van der Waals surface area contributed by atoms with Gasteiger partial charge in [-0.2, -0.15) is 5.10 Å². The second-order valence-electron chi connectivity index (χ2n) is 5.81. The highest BCUT2D eigenvalue weighted by Gasteiger charge is 2.37. The first-order chi connectivity index (χ1) is 11.8. The number of aromatic amines is 1. The molecule has 3 rings (SSSR count). The minimum absolute atomic E-state index is 0.0225. The summed E-state index contributed by atoms with van der Waals surface area (Å²) in [5, 5.41) is 6.74. The van der Waals surface area contributed by atoms with Gasteiger partial charge in [0.15, 0.2) is 0 Å². The molecule has 2 atom stereocenters. The summed E-state index contributed by atoms with van der Waals surface area (Å²) in [6.45, 7) is 1.48. The van der Waals surface area contributed by atoms with Crippen molar-refractivity contribution in [3.8, 4) is 0 Å². The predicted molar refractivity (Wildman–Crippen MR) is 87.0 cm³/mol. The number of carbonyl (C=O) groups excluding carboxylic acids is 1. The Labute approximate surface area is 141 Å². The zero-order valence-electron chi connectivity index (χ0n) is 13.7. The van der Waals surface area contributed by atoms with E-state index in [2.05, 4.69) is 15.2 Å². The summed E-state index contributed by atoms with van der Waals surface area (Å²) < 4.78 is 11.0. The Morgan fingerprint density at radius 2 is 2.21 bits per heavy atom. The van der Waals surface area contributed by atoms with E-state index >= 15 is 0 Å². The van der Waals surface area contributed by atoms with E-state index in [4.69, 9.17) is 9.47 Å². The van der Waals surface area contributed by atoms with Crippen LogP contribution in [0.25, 0.3) is 0 Å². The quantitative estimate of drug-likeness (QED) is 0.782. The first-order valence-electron chi connectivity index (χ1n) is 8.07. The van der Waals surface area contributed by atoms with E-state index in [1.54, 1.807) is 12.0 Å². The number of benzene rings is 1. The minimum Gasteiger partial charge on any atom is -0.380 e. The average Bonchev–Trinajstić information content (AvgIpc) is 3.28. The Hall–Kier alpha value is -2.25. The van der Waals surface area contributed by atoms with Crippen LogP contribution < -0.4 is 0 Å². The van der Waals surface area contributed by atoms with E-state index in [1.807, 2.05) is 30.3 Å². The number of nitrogens with zero attached hydrogens (tertiary/aromatic N) is 3. The monoisotopic (exact) mass is 330 g/mol. The van der Waals surface area contributed by atoms with Crippen LogP contribution in [0, 0.1) is 0 Å². The fourth-order valence-corrected chi connectivity index (χ4v) is 2.95. The molecule has 1 fully saturated rings. The third kappa shape index (κ3) is 3.98. The molecule has 1 amide bonds. The molecular weight excluding hydrogens is 308 g/mol. The van der Waals surface area contributed by atoms with Crippen molar-refractivity contribution in [3.05, 3.63) is 48.0 Å². The molecule has 1 aliphatic heterocycles. The van der Waals surface area contributed by atoms with Gasteiger partial charge in [0, 0.05) is 20.1 Å². The van der Waals surface area contributed by atoms with E-state index in [-0.39, 0.29) is 18.1 Å². The van der Waals surface area contributed by atoms with Gasteiger partial charge in [-0.15, -0.1) is 0 Å². The smallest absolute Gasteiger partial charge is 0.225 e. The molecule has 1 N–H and O–H groups in total. The second-order valence-corrected chi connectivity index (χ2v) is 5.81. The molecular formula is C17H22N4O3. The highest BCUT2D eigenvalue weighted by atomic mass is 16.5. The zero-order chi connectivity index (χ0) is 16.8. The summed E-state index contributed by atoms with van der Waals surface area (Å²) in [5.41, 5.74) is 1.10. The number of carbonyl (C=O) groups is 1. The van der Waals surface area contributed by atoms with E-state index in [1.165, 1.54) is 6.33 Å². The summed E-state index contributed by atoms with van der Waals surface area (Å²) in [6, 6.07) is 9.81. The number of likely N-dealkylation sites (tertiary alicyclic amines) is 1. The van der Waals surface area contributed by atoms with Gasteiger partial charge in [-0.05, 0) is 5.56 Å². The van der Waals surface area contributed by atoms with E-state index in [0.29, 0.717) is 32.0 Å². The van der Waals surface area contributed by atoms with Crippen LogP contribution in [0.2, 0.25) is 0 Å². The second kappa shape index (κ2) is 8.03. The van der Waals surface area contributed by atoms with Crippen molar-refractivity contribution in [2.75, 3.05) is 20.3 Å². The molecule has 0 unspecified atom stereocenters. The highest BCUT2D eigenvalue weighted by Crippen LogP contribution is 2.31. The summed E-state index contributed by atoms with van der Waals surface area (Å²) in [7, 11) is 1.67. The van der Waals surface area contributed by atoms with Crippen LogP contribution in [0.15, 0.2) is 36.7 Å². The Kier molecular flexibility index (Phi) is 5.55. The number of amides is 1. The number of hydrogen-bond donors (Lipinski definition) is 1. The Morgan fingerprint density at radius 1 is 1.38 bits per heavy atom. The molecule has 7 heteroatoms. The molecule has 2 heterocycles. The summed E-state index contributed by atoms with van der Waals surface area (Å²) in [6.07, 6.45) is 2.55. The molecule has 1 saturated heterocycles. The first-order valence-corrected chi connectivity index (χ1v) is 8.07. The van der Waals surface area contributed by atoms with E-state index < -0.39 is 0 Å². The average molecular weight is 330 g/mol. The van der Waals surface area contributed by atoms with Crippen LogP contribution in [0.5, 0.6) is 0 Å². The number of nitrogens with one attached hydrogen (secondary N) is 1. The van der Waals surface area contributed by atoms with Crippen LogP contribution in [-0.2, 0) is 20.9 Å². The molecule has 24 heavy (non-hydrogen) atoms. The van der Waals surface area contributed by atoms with Crippen molar-refractivity contribution in [2.45, 2.75) is 31.6 Å². The van der Waals surface area contributed by atoms with Crippen LogP contribution >= 0.6 is 0 Å². The minimum atomic E-state index is -0.112. The van der Waals surface area contributed by atoms with Crippen molar-refractivity contribution >= 4 is 5.91 Å². The maximum Gasteiger partial charge on any atom is 0.225 e. The van der Waals surface area contributed by atoms with Crippen LogP contribution in [0.3, 0.4) is 0 Å². The first kappa shape index (κ1) is 16.6. The van der Waals surface area contributed by atoms with Gasteiger partial charge in [-0.3, -0.25) is 9.89 Å². The van der Waals surface area contributed by atoms with Crippen LogP contribution in [0.4, 0.5) is 0 Å². The molecule has 0 saturated carbocycles. The van der Waals surface area contributed by atoms with Crippen molar-refractivity contribution in [2.24, 2.45) is 0 Å². The van der Waals surface area contributed by atoms with Gasteiger partial charge in [0.2, 0.25) is 5.91 Å². The molecule has 1 aliphatic rings. The molecule has 1 aromatic carbocycles. The van der Waals surface area contributed by atoms with Crippen molar-refractivity contribution in [3.63, 3.8) is 0 Å². The lowest BCUT2D eigenvalue weighted by molar-refractivity contribution is -0.133. The van der Waals surface area contributed by atoms with E-state index in [0.717, 1.165) is 12.0 Å². The Morgan fingerprint density at radius 3 is 2.92 bits per heavy atom. The lowest BCUT2D eigenvalue weighted by Crippen LogP contribution is -2.33. The standard InChI is InChI=1S/C17H22N4O3/c1-23-14-9-15(17-18-12-19-20-17)21(10-14)16(22)7-8-24-11-13-5-3-2-4-6-13/h2-6,12,14-15H,7-11H2,1H3,(H,18,19,20)/t14-,15+/m1/s1. The van der Waals surface area contributed by atoms with Gasteiger partial charge in [0.25, 0.3) is 0 Å². The molecule has 0 bridgehead atoms. The molecule has 0 radical (unpaired) electrons. The molecule has 0 aliphatic carbocycles. The number of ether oxygens (including phenoxy) is 2. The molecule has 0 spiro atoms. The van der Waals surface area contributed by atoms with Gasteiger partial charge >= 0.3 is 0 Å². The maximum absolute atomic E-state index is 12.6. The third-order valence-electron chi connectivity index (χ3n) is 4.24. The lowest BCUT2D eigenvalue weighted by Gasteiger charge is -2.22. The summed E-state index contributed by atoms with van der Waals surface area (Å²) in [5.74, 6) is 0.747. The summed E-state index contributed by atoms with van der Waals surface area (Å²) in [4.78, 5) is 18.5. The molecule has 7 nitrogen and oxygen atoms in total. The predicted octanol–water partition coefficient (Wildman–Crippen LogP) is 1.70. The SMILES string of the molecule is CO[C@@H]1C[C@@H](c2ncn[nH]2)N(C(=O)CCOCc2ccccc2)C1.